The highest BCUT2D eigenvalue weighted by molar-refractivity contribution is 6.15. The van der Waals surface area contributed by atoms with Crippen LogP contribution in [0.3, 0.4) is 0 Å². The van der Waals surface area contributed by atoms with E-state index in [1.54, 1.807) is 61.8 Å². The van der Waals surface area contributed by atoms with E-state index in [-0.39, 0.29) is 18.3 Å². The molecule has 0 aliphatic carbocycles. The van der Waals surface area contributed by atoms with Crippen LogP contribution in [-0.2, 0) is 0 Å². The van der Waals surface area contributed by atoms with Crippen LogP contribution >= 0.6 is 0 Å². The number of benzene rings is 2. The number of ether oxygens (including phenoxy) is 4. The van der Waals surface area contributed by atoms with Gasteiger partial charge >= 0.3 is 5.97 Å². The van der Waals surface area contributed by atoms with Crippen molar-refractivity contribution in [2.24, 2.45) is 0 Å². The van der Waals surface area contributed by atoms with E-state index >= 15 is 0 Å². The summed E-state index contributed by atoms with van der Waals surface area (Å²) in [6, 6.07) is 11.6. The Bertz CT molecular complexity index is 1220. The summed E-state index contributed by atoms with van der Waals surface area (Å²) >= 11 is 0. The van der Waals surface area contributed by atoms with E-state index in [1.807, 2.05) is 6.07 Å². The van der Waals surface area contributed by atoms with Gasteiger partial charge in [-0.1, -0.05) is 6.07 Å². The van der Waals surface area contributed by atoms with Crippen LogP contribution < -0.4 is 18.9 Å². The van der Waals surface area contributed by atoms with Crippen molar-refractivity contribution >= 4 is 17.8 Å². The lowest BCUT2D eigenvalue weighted by molar-refractivity contribution is 0.0732. The van der Waals surface area contributed by atoms with Gasteiger partial charge in [0.15, 0.2) is 17.3 Å². The number of Topliss-reactive ketones (excluding diaryl/α,β-unsaturated/α-hetero) is 1. The Labute approximate surface area is 171 Å². The zero-order valence-electron chi connectivity index (χ0n) is 15.9. The second-order valence-corrected chi connectivity index (χ2v) is 6.75. The van der Waals surface area contributed by atoms with Crippen LogP contribution in [0.1, 0.15) is 31.8 Å². The van der Waals surface area contributed by atoms with E-state index in [9.17, 15) is 9.59 Å². The quantitative estimate of drug-likeness (QED) is 0.373. The summed E-state index contributed by atoms with van der Waals surface area (Å²) in [5.41, 5.74) is 2.06. The molecule has 30 heavy (non-hydrogen) atoms. The van der Waals surface area contributed by atoms with Crippen LogP contribution in [0.15, 0.2) is 60.6 Å². The smallest absolute Gasteiger partial charge is 0.343 e. The van der Waals surface area contributed by atoms with Gasteiger partial charge < -0.3 is 18.9 Å². The summed E-state index contributed by atoms with van der Waals surface area (Å²) in [7, 11) is 0. The number of pyridine rings is 1. The average Bonchev–Trinajstić information content (AvgIpc) is 3.35. The van der Waals surface area contributed by atoms with Gasteiger partial charge in [0.25, 0.3) is 0 Å². The number of esters is 1. The van der Waals surface area contributed by atoms with Crippen LogP contribution in [0.5, 0.6) is 23.0 Å². The molecule has 148 valence electrons. The summed E-state index contributed by atoms with van der Waals surface area (Å²) in [5.74, 6) is 1.19. The standard InChI is InChI=1S/C23H15NO6/c1-13-17(30-23(26)15-4-6-18-19(10-15)28-12-27-18)7-5-16-21(25)20(29-22(13)16)9-14-3-2-8-24-11-14/h2-11H,12H2,1H3/b20-9-. The first kappa shape index (κ1) is 17.9. The molecule has 2 aromatic carbocycles. The molecule has 0 saturated carbocycles. The van der Waals surface area contributed by atoms with Crippen molar-refractivity contribution in [3.63, 3.8) is 0 Å². The van der Waals surface area contributed by atoms with E-state index in [2.05, 4.69) is 4.98 Å². The molecule has 1 aromatic heterocycles. The summed E-state index contributed by atoms with van der Waals surface area (Å²) in [6.45, 7) is 1.86. The molecule has 0 saturated heterocycles. The second-order valence-electron chi connectivity index (χ2n) is 6.75. The van der Waals surface area contributed by atoms with Gasteiger partial charge in [0, 0.05) is 18.0 Å². The molecule has 0 radical (unpaired) electrons. The summed E-state index contributed by atoms with van der Waals surface area (Å²) in [4.78, 5) is 29.3. The fourth-order valence-corrected chi connectivity index (χ4v) is 3.27. The van der Waals surface area contributed by atoms with Crippen LogP contribution in [0.2, 0.25) is 0 Å². The van der Waals surface area contributed by atoms with Crippen LogP contribution in [0, 0.1) is 6.92 Å². The van der Waals surface area contributed by atoms with Gasteiger partial charge in [0.05, 0.1) is 11.1 Å². The molecule has 3 aromatic rings. The van der Waals surface area contributed by atoms with E-state index in [0.29, 0.717) is 39.7 Å². The third-order valence-corrected chi connectivity index (χ3v) is 4.83. The van der Waals surface area contributed by atoms with Crippen molar-refractivity contribution in [3.05, 3.63) is 82.9 Å². The molecule has 0 fully saturated rings. The topological polar surface area (TPSA) is 84.0 Å². The predicted octanol–water partition coefficient (Wildman–Crippen LogP) is 3.95. The van der Waals surface area contributed by atoms with Gasteiger partial charge in [-0.25, -0.2) is 4.79 Å². The number of carbonyl (C=O) groups is 2. The maximum Gasteiger partial charge on any atom is 0.343 e. The Morgan fingerprint density at radius 1 is 1.13 bits per heavy atom. The molecule has 0 atom stereocenters. The van der Waals surface area contributed by atoms with Crippen LogP contribution in [-0.4, -0.2) is 23.5 Å². The lowest BCUT2D eigenvalue weighted by Gasteiger charge is -2.10. The number of hydrogen-bond donors (Lipinski definition) is 0. The Morgan fingerprint density at radius 2 is 2.00 bits per heavy atom. The summed E-state index contributed by atoms with van der Waals surface area (Å²) < 4.78 is 21.9. The van der Waals surface area contributed by atoms with Gasteiger partial charge in [-0.05, 0) is 55.0 Å². The maximum atomic E-state index is 12.7. The number of hydrogen-bond acceptors (Lipinski definition) is 7. The molecule has 7 heteroatoms. The summed E-state index contributed by atoms with van der Waals surface area (Å²) in [5, 5.41) is 0. The minimum Gasteiger partial charge on any atom is -0.454 e. The predicted molar refractivity (Wildman–Crippen MR) is 106 cm³/mol. The number of fused-ring (bicyclic) bond motifs is 2. The highest BCUT2D eigenvalue weighted by Gasteiger charge is 2.30. The molecule has 2 aliphatic heterocycles. The molecule has 7 nitrogen and oxygen atoms in total. The lowest BCUT2D eigenvalue weighted by Crippen LogP contribution is -2.09. The van der Waals surface area contributed by atoms with Crippen molar-refractivity contribution in [1.82, 2.24) is 4.98 Å². The second kappa shape index (κ2) is 7.04. The molecule has 2 aliphatic rings. The highest BCUT2D eigenvalue weighted by Crippen LogP contribution is 2.40. The van der Waals surface area contributed by atoms with Crippen molar-refractivity contribution < 1.29 is 28.5 Å². The first-order chi connectivity index (χ1) is 14.6. The van der Waals surface area contributed by atoms with Gasteiger partial charge in [-0.3, -0.25) is 9.78 Å². The maximum absolute atomic E-state index is 12.7. The molecular formula is C23H15NO6. The van der Waals surface area contributed by atoms with Gasteiger partial charge in [0.1, 0.15) is 11.5 Å². The van der Waals surface area contributed by atoms with Gasteiger partial charge in [-0.2, -0.15) is 0 Å². The summed E-state index contributed by atoms with van der Waals surface area (Å²) in [6.07, 6.45) is 4.92. The van der Waals surface area contributed by atoms with E-state index < -0.39 is 5.97 Å². The number of ketones is 1. The molecule has 0 bridgehead atoms. The fourth-order valence-electron chi connectivity index (χ4n) is 3.27. The lowest BCUT2D eigenvalue weighted by atomic mass is 10.1. The molecule has 5 rings (SSSR count). The Balaban J connectivity index is 1.41. The van der Waals surface area contributed by atoms with Crippen LogP contribution in [0.4, 0.5) is 0 Å². The first-order valence-corrected chi connectivity index (χ1v) is 9.20. The number of aromatic nitrogens is 1. The van der Waals surface area contributed by atoms with Crippen molar-refractivity contribution in [1.29, 1.82) is 0 Å². The molecule has 3 heterocycles. The monoisotopic (exact) mass is 401 g/mol. The fraction of sp³-hybridized carbons (Fsp3) is 0.0870. The van der Waals surface area contributed by atoms with Crippen molar-refractivity contribution in [2.45, 2.75) is 6.92 Å². The normalized spacial score (nSPS) is 15.1. The molecular weight excluding hydrogens is 386 g/mol. The first-order valence-electron chi connectivity index (χ1n) is 9.20. The SMILES string of the molecule is Cc1c(OC(=O)c2ccc3c(c2)OCO3)ccc2c1O/C(=C\c1cccnc1)C2=O. The van der Waals surface area contributed by atoms with Crippen molar-refractivity contribution in [2.75, 3.05) is 6.79 Å². The number of carbonyl (C=O) groups excluding carboxylic acids is 2. The van der Waals surface area contributed by atoms with Gasteiger partial charge in [-0.15, -0.1) is 0 Å². The third-order valence-electron chi connectivity index (χ3n) is 4.83. The molecule has 0 N–H and O–H groups in total. The zero-order valence-corrected chi connectivity index (χ0v) is 15.9. The van der Waals surface area contributed by atoms with E-state index in [4.69, 9.17) is 18.9 Å². The average molecular weight is 401 g/mol. The molecule has 0 spiro atoms. The zero-order chi connectivity index (χ0) is 20.7. The third kappa shape index (κ3) is 3.06. The molecule has 0 amide bonds. The number of rotatable bonds is 3. The largest absolute Gasteiger partial charge is 0.454 e. The van der Waals surface area contributed by atoms with Crippen LogP contribution in [0.25, 0.3) is 6.08 Å². The van der Waals surface area contributed by atoms with E-state index in [1.165, 1.54) is 0 Å². The van der Waals surface area contributed by atoms with Gasteiger partial charge in [0.2, 0.25) is 12.6 Å². The Hall–Kier alpha value is -4.13. The van der Waals surface area contributed by atoms with Crippen molar-refractivity contribution in [3.8, 4) is 23.0 Å². The number of nitrogens with zero attached hydrogens (tertiary/aromatic N) is 1. The Kier molecular flexibility index (Phi) is 4.21. The minimum atomic E-state index is -0.549. The minimum absolute atomic E-state index is 0.123. The Morgan fingerprint density at radius 3 is 2.83 bits per heavy atom. The number of allylic oxidation sites excluding steroid dienone is 1. The molecule has 0 unspecified atom stereocenters. The van der Waals surface area contributed by atoms with E-state index in [0.717, 1.165) is 5.56 Å². The highest BCUT2D eigenvalue weighted by atomic mass is 16.7.